The zero-order valence-electron chi connectivity index (χ0n) is 7.46. The zero-order chi connectivity index (χ0) is 9.14. The second kappa shape index (κ2) is 3.43. The van der Waals surface area contributed by atoms with E-state index < -0.39 is 0 Å². The molecule has 0 spiro atoms. The minimum Gasteiger partial charge on any atom is -0.490 e. The van der Waals surface area contributed by atoms with Crippen LogP contribution in [0.2, 0.25) is 0 Å². The number of cyclic esters (lactones) is 1. The zero-order valence-corrected chi connectivity index (χ0v) is 7.46. The van der Waals surface area contributed by atoms with Gasteiger partial charge in [-0.25, -0.2) is 4.79 Å². The van der Waals surface area contributed by atoms with Crippen molar-refractivity contribution in [3.63, 3.8) is 0 Å². The van der Waals surface area contributed by atoms with E-state index in [4.69, 9.17) is 9.47 Å². The molecule has 1 rings (SSSR count). The summed E-state index contributed by atoms with van der Waals surface area (Å²) in [7, 11) is 1.47. The molecular weight excluding hydrogens is 156 g/mol. The molecule has 12 heavy (non-hydrogen) atoms. The number of allylic oxidation sites excluding steroid dienone is 1. The van der Waals surface area contributed by atoms with Gasteiger partial charge in [-0.2, -0.15) is 0 Å². The molecule has 1 heterocycles. The number of esters is 1. The first-order chi connectivity index (χ1) is 5.70. The maximum atomic E-state index is 11.1. The highest BCUT2D eigenvalue weighted by molar-refractivity contribution is 5.90. The largest absolute Gasteiger partial charge is 0.490 e. The van der Waals surface area contributed by atoms with E-state index in [1.165, 1.54) is 7.11 Å². The third-order valence-corrected chi connectivity index (χ3v) is 1.78. The van der Waals surface area contributed by atoms with Gasteiger partial charge in [0.25, 0.3) is 0 Å². The molecule has 0 bridgehead atoms. The Balaban J connectivity index is 2.88. The summed E-state index contributed by atoms with van der Waals surface area (Å²) < 4.78 is 9.88. The Kier molecular flexibility index (Phi) is 2.53. The van der Waals surface area contributed by atoms with E-state index in [9.17, 15) is 4.79 Å². The molecule has 0 aromatic rings. The van der Waals surface area contributed by atoms with Crippen LogP contribution in [-0.4, -0.2) is 19.2 Å². The number of carbonyl (C=O) groups excluding carboxylic acids is 1. The van der Waals surface area contributed by atoms with Crippen molar-refractivity contribution < 1.29 is 14.3 Å². The normalized spacial score (nSPS) is 23.6. The van der Waals surface area contributed by atoms with E-state index in [-0.39, 0.29) is 12.1 Å². The molecule has 1 aliphatic rings. The summed E-state index contributed by atoms with van der Waals surface area (Å²) >= 11 is 0. The van der Waals surface area contributed by atoms with Gasteiger partial charge >= 0.3 is 5.97 Å². The number of rotatable bonds is 2. The number of methoxy groups -OCH3 is 1. The fourth-order valence-electron chi connectivity index (χ4n) is 1.15. The summed E-state index contributed by atoms with van der Waals surface area (Å²) in [5.41, 5.74) is 0.834. The molecule has 1 aliphatic heterocycles. The van der Waals surface area contributed by atoms with Crippen LogP contribution in [-0.2, 0) is 14.3 Å². The van der Waals surface area contributed by atoms with Crippen LogP contribution in [0.3, 0.4) is 0 Å². The SMILES string of the molecule is C/C=C/C1OC(=O)C(OC)=C1C. The number of hydrogen-bond acceptors (Lipinski definition) is 3. The van der Waals surface area contributed by atoms with Gasteiger partial charge in [0.15, 0.2) is 0 Å². The van der Waals surface area contributed by atoms with Gasteiger partial charge in [0.1, 0.15) is 6.10 Å². The van der Waals surface area contributed by atoms with Crippen molar-refractivity contribution in [3.8, 4) is 0 Å². The lowest BCUT2D eigenvalue weighted by Crippen LogP contribution is -2.06. The van der Waals surface area contributed by atoms with Crippen LogP contribution >= 0.6 is 0 Å². The van der Waals surface area contributed by atoms with E-state index in [0.717, 1.165) is 5.57 Å². The van der Waals surface area contributed by atoms with Crippen LogP contribution in [0, 0.1) is 0 Å². The maximum Gasteiger partial charge on any atom is 0.374 e. The van der Waals surface area contributed by atoms with Crippen LogP contribution in [0.4, 0.5) is 0 Å². The standard InChI is InChI=1S/C9H12O3/c1-4-5-7-6(2)8(11-3)9(10)12-7/h4-5,7H,1-3H3/b5-4+. The summed E-state index contributed by atoms with van der Waals surface area (Å²) in [5, 5.41) is 0. The molecule has 0 amide bonds. The third kappa shape index (κ3) is 1.35. The van der Waals surface area contributed by atoms with Crippen molar-refractivity contribution in [2.45, 2.75) is 20.0 Å². The van der Waals surface area contributed by atoms with Gasteiger partial charge in [-0.15, -0.1) is 0 Å². The van der Waals surface area contributed by atoms with E-state index in [1.807, 2.05) is 26.0 Å². The second-order valence-electron chi connectivity index (χ2n) is 2.57. The number of hydrogen-bond donors (Lipinski definition) is 0. The first-order valence-electron chi connectivity index (χ1n) is 3.79. The van der Waals surface area contributed by atoms with Crippen LogP contribution in [0.5, 0.6) is 0 Å². The molecule has 1 unspecified atom stereocenters. The van der Waals surface area contributed by atoms with Crippen LogP contribution in [0.25, 0.3) is 0 Å². The van der Waals surface area contributed by atoms with Gasteiger partial charge < -0.3 is 9.47 Å². The van der Waals surface area contributed by atoms with Crippen molar-refractivity contribution in [2.24, 2.45) is 0 Å². The highest BCUT2D eigenvalue weighted by atomic mass is 16.6. The molecule has 0 N–H and O–H groups in total. The van der Waals surface area contributed by atoms with Crippen molar-refractivity contribution >= 4 is 5.97 Å². The molecule has 0 aromatic carbocycles. The Bertz CT molecular complexity index is 250. The molecule has 66 valence electrons. The Morgan fingerprint density at radius 3 is 2.67 bits per heavy atom. The lowest BCUT2D eigenvalue weighted by atomic mass is 10.1. The molecule has 1 atom stereocenters. The second-order valence-corrected chi connectivity index (χ2v) is 2.57. The van der Waals surface area contributed by atoms with Crippen molar-refractivity contribution in [1.29, 1.82) is 0 Å². The quantitative estimate of drug-likeness (QED) is 0.462. The number of ether oxygens (including phenoxy) is 2. The fourth-order valence-corrected chi connectivity index (χ4v) is 1.15. The van der Waals surface area contributed by atoms with E-state index in [1.54, 1.807) is 0 Å². The molecule has 0 saturated carbocycles. The Morgan fingerprint density at radius 2 is 2.25 bits per heavy atom. The topological polar surface area (TPSA) is 35.5 Å². The maximum absolute atomic E-state index is 11.1. The molecule has 0 fully saturated rings. The lowest BCUT2D eigenvalue weighted by molar-refractivity contribution is -0.141. The lowest BCUT2D eigenvalue weighted by Gasteiger charge is -2.02. The summed E-state index contributed by atoms with van der Waals surface area (Å²) in [6.45, 7) is 3.71. The van der Waals surface area contributed by atoms with Gasteiger partial charge in [-0.1, -0.05) is 6.08 Å². The number of carbonyl (C=O) groups is 1. The summed E-state index contributed by atoms with van der Waals surface area (Å²) in [5.74, 6) is -0.0452. The summed E-state index contributed by atoms with van der Waals surface area (Å²) in [6.07, 6.45) is 3.43. The average molecular weight is 168 g/mol. The third-order valence-electron chi connectivity index (χ3n) is 1.78. The first-order valence-corrected chi connectivity index (χ1v) is 3.79. The highest BCUT2D eigenvalue weighted by Gasteiger charge is 2.30. The average Bonchev–Trinajstić information content (AvgIpc) is 2.29. The molecule has 0 radical (unpaired) electrons. The molecule has 3 heteroatoms. The van der Waals surface area contributed by atoms with E-state index >= 15 is 0 Å². The van der Waals surface area contributed by atoms with Crippen LogP contribution < -0.4 is 0 Å². The Morgan fingerprint density at radius 1 is 1.58 bits per heavy atom. The predicted molar refractivity (Wildman–Crippen MR) is 44.4 cm³/mol. The summed E-state index contributed by atoms with van der Waals surface area (Å²) in [4.78, 5) is 11.1. The smallest absolute Gasteiger partial charge is 0.374 e. The minimum atomic E-state index is -0.377. The molecule has 0 saturated heterocycles. The van der Waals surface area contributed by atoms with E-state index in [0.29, 0.717) is 5.76 Å². The van der Waals surface area contributed by atoms with E-state index in [2.05, 4.69) is 0 Å². The Labute approximate surface area is 71.7 Å². The monoisotopic (exact) mass is 168 g/mol. The predicted octanol–water partition coefficient (Wildman–Crippen LogP) is 1.41. The first kappa shape index (κ1) is 8.84. The van der Waals surface area contributed by atoms with Crippen LogP contribution in [0.1, 0.15) is 13.8 Å². The van der Waals surface area contributed by atoms with Crippen LogP contribution in [0.15, 0.2) is 23.5 Å². The van der Waals surface area contributed by atoms with Gasteiger partial charge in [0, 0.05) is 5.57 Å². The molecular formula is C9H12O3. The molecule has 0 aromatic heterocycles. The van der Waals surface area contributed by atoms with Gasteiger partial charge in [0.2, 0.25) is 5.76 Å². The van der Waals surface area contributed by atoms with Crippen molar-refractivity contribution in [1.82, 2.24) is 0 Å². The van der Waals surface area contributed by atoms with Gasteiger partial charge in [-0.05, 0) is 19.9 Å². The highest BCUT2D eigenvalue weighted by Crippen LogP contribution is 2.23. The van der Waals surface area contributed by atoms with Crippen molar-refractivity contribution in [3.05, 3.63) is 23.5 Å². The fraction of sp³-hybridized carbons (Fsp3) is 0.444. The van der Waals surface area contributed by atoms with Gasteiger partial charge in [-0.3, -0.25) is 0 Å². The minimum absolute atomic E-state index is 0.238. The Hall–Kier alpha value is -1.25. The molecule has 3 nitrogen and oxygen atoms in total. The van der Waals surface area contributed by atoms with Gasteiger partial charge in [0.05, 0.1) is 7.11 Å². The summed E-state index contributed by atoms with van der Waals surface area (Å²) in [6, 6.07) is 0. The van der Waals surface area contributed by atoms with Crippen molar-refractivity contribution in [2.75, 3.05) is 7.11 Å². The molecule has 0 aliphatic carbocycles.